The van der Waals surface area contributed by atoms with Gasteiger partial charge in [0.05, 0.1) is 0 Å². The summed E-state index contributed by atoms with van der Waals surface area (Å²) in [5, 5.41) is 18.2. The summed E-state index contributed by atoms with van der Waals surface area (Å²) in [6.45, 7) is 1.23. The number of benzene rings is 1. The lowest BCUT2D eigenvalue weighted by Gasteiger charge is -2.14. The molecule has 1 aromatic carbocycles. The molecule has 0 heterocycles. The first kappa shape index (κ1) is 11.5. The van der Waals surface area contributed by atoms with Crippen molar-refractivity contribution in [3.05, 3.63) is 29.1 Å². The molecule has 4 nitrogen and oxygen atoms in total. The highest BCUT2D eigenvalue weighted by Crippen LogP contribution is 2.30. The highest BCUT2D eigenvalue weighted by atomic mass is 19.1. The van der Waals surface area contributed by atoms with E-state index in [0.29, 0.717) is 0 Å². The molecule has 82 valence electrons. The monoisotopic (exact) mass is 213 g/mol. The zero-order valence-electron chi connectivity index (χ0n) is 8.20. The van der Waals surface area contributed by atoms with E-state index in [2.05, 4.69) is 0 Å². The van der Waals surface area contributed by atoms with Gasteiger partial charge in [-0.3, -0.25) is 4.79 Å². The van der Waals surface area contributed by atoms with E-state index in [-0.39, 0.29) is 23.4 Å². The molecule has 0 aliphatic rings. The van der Waals surface area contributed by atoms with Gasteiger partial charge >= 0.3 is 5.97 Å². The molecule has 4 N–H and O–H groups in total. The first-order valence-electron chi connectivity index (χ1n) is 4.39. The van der Waals surface area contributed by atoms with Crippen molar-refractivity contribution in [2.45, 2.75) is 12.8 Å². The molecular weight excluding hydrogens is 201 g/mol. The maximum absolute atomic E-state index is 13.6. The van der Waals surface area contributed by atoms with Crippen molar-refractivity contribution in [3.8, 4) is 5.75 Å². The van der Waals surface area contributed by atoms with Gasteiger partial charge in [-0.25, -0.2) is 4.39 Å². The summed E-state index contributed by atoms with van der Waals surface area (Å²) in [4.78, 5) is 10.8. The predicted molar refractivity (Wildman–Crippen MR) is 52.2 cm³/mol. The van der Waals surface area contributed by atoms with Crippen molar-refractivity contribution < 1.29 is 19.4 Å². The van der Waals surface area contributed by atoms with Gasteiger partial charge in [-0.15, -0.1) is 0 Å². The molecule has 0 bridgehead atoms. The van der Waals surface area contributed by atoms with Crippen LogP contribution in [0.25, 0.3) is 0 Å². The van der Waals surface area contributed by atoms with Crippen molar-refractivity contribution >= 4 is 5.97 Å². The Morgan fingerprint density at radius 2 is 2.20 bits per heavy atom. The molecule has 15 heavy (non-hydrogen) atoms. The number of aryl methyl sites for hydroxylation is 1. The Morgan fingerprint density at radius 1 is 1.60 bits per heavy atom. The van der Waals surface area contributed by atoms with E-state index < -0.39 is 17.7 Å². The molecule has 5 heteroatoms. The van der Waals surface area contributed by atoms with Gasteiger partial charge in [-0.1, -0.05) is 6.07 Å². The Morgan fingerprint density at radius 3 is 2.67 bits per heavy atom. The fourth-order valence-corrected chi connectivity index (χ4v) is 1.37. The summed E-state index contributed by atoms with van der Waals surface area (Å²) >= 11 is 0. The van der Waals surface area contributed by atoms with Crippen LogP contribution < -0.4 is 5.73 Å². The van der Waals surface area contributed by atoms with E-state index in [1.165, 1.54) is 19.1 Å². The standard InChI is InChI=1S/C10H12FNO3/c1-5-2-3-7(13)8(9(5)11)6(4-12)10(14)15/h2-3,6,13H,4,12H2,1H3,(H,14,15). The van der Waals surface area contributed by atoms with Crippen LogP contribution in [0.4, 0.5) is 4.39 Å². The zero-order chi connectivity index (χ0) is 11.6. The third kappa shape index (κ3) is 2.07. The smallest absolute Gasteiger partial charge is 0.312 e. The Kier molecular flexibility index (Phi) is 3.26. The van der Waals surface area contributed by atoms with Crippen molar-refractivity contribution in [1.29, 1.82) is 0 Å². The van der Waals surface area contributed by atoms with Crippen molar-refractivity contribution in [2.24, 2.45) is 5.73 Å². The molecule has 0 saturated heterocycles. The first-order valence-corrected chi connectivity index (χ1v) is 4.39. The van der Waals surface area contributed by atoms with Crippen molar-refractivity contribution in [2.75, 3.05) is 6.54 Å². The summed E-state index contributed by atoms with van der Waals surface area (Å²) in [5.41, 5.74) is 5.27. The number of phenols is 1. The van der Waals surface area contributed by atoms with Crippen LogP contribution in [0.1, 0.15) is 17.0 Å². The number of aromatic hydroxyl groups is 1. The SMILES string of the molecule is Cc1ccc(O)c(C(CN)C(=O)O)c1F. The average Bonchev–Trinajstić information content (AvgIpc) is 2.18. The predicted octanol–water partition coefficient (Wildman–Crippen LogP) is 0.967. The molecule has 0 aliphatic heterocycles. The first-order chi connectivity index (χ1) is 6.99. The molecule has 0 amide bonds. The van der Waals surface area contributed by atoms with E-state index in [0.717, 1.165) is 0 Å². The van der Waals surface area contributed by atoms with Gasteiger partial charge in [0.25, 0.3) is 0 Å². The molecule has 1 unspecified atom stereocenters. The molecule has 1 atom stereocenters. The Bertz CT molecular complexity index is 392. The van der Waals surface area contributed by atoms with Gasteiger partial charge in [0.1, 0.15) is 17.5 Å². The van der Waals surface area contributed by atoms with E-state index in [4.69, 9.17) is 10.8 Å². The normalized spacial score (nSPS) is 12.5. The second kappa shape index (κ2) is 4.27. The van der Waals surface area contributed by atoms with Crippen LogP contribution in [-0.4, -0.2) is 22.7 Å². The van der Waals surface area contributed by atoms with Gasteiger partial charge in [-0.2, -0.15) is 0 Å². The molecular formula is C10H12FNO3. The molecule has 0 aliphatic carbocycles. The summed E-state index contributed by atoms with van der Waals surface area (Å²) in [6.07, 6.45) is 0. The Hall–Kier alpha value is -1.62. The lowest BCUT2D eigenvalue weighted by molar-refractivity contribution is -0.138. The van der Waals surface area contributed by atoms with Crippen molar-refractivity contribution in [1.82, 2.24) is 0 Å². The third-order valence-electron chi connectivity index (χ3n) is 2.23. The molecule has 0 radical (unpaired) electrons. The lowest BCUT2D eigenvalue weighted by Crippen LogP contribution is -2.22. The van der Waals surface area contributed by atoms with Gasteiger partial charge in [0.2, 0.25) is 0 Å². The fraction of sp³-hybridized carbons (Fsp3) is 0.300. The highest BCUT2D eigenvalue weighted by molar-refractivity contribution is 5.77. The number of rotatable bonds is 3. The quantitative estimate of drug-likeness (QED) is 0.698. The minimum absolute atomic E-state index is 0.245. The van der Waals surface area contributed by atoms with Crippen LogP contribution in [0.2, 0.25) is 0 Å². The van der Waals surface area contributed by atoms with E-state index >= 15 is 0 Å². The summed E-state index contributed by atoms with van der Waals surface area (Å²) in [6, 6.07) is 2.64. The number of nitrogens with two attached hydrogens (primary N) is 1. The van der Waals surface area contributed by atoms with Crippen molar-refractivity contribution in [3.63, 3.8) is 0 Å². The van der Waals surface area contributed by atoms with Crippen LogP contribution >= 0.6 is 0 Å². The van der Waals surface area contributed by atoms with Crippen LogP contribution in [-0.2, 0) is 4.79 Å². The van der Waals surface area contributed by atoms with E-state index in [9.17, 15) is 14.3 Å². The van der Waals surface area contributed by atoms with Crippen LogP contribution in [0, 0.1) is 12.7 Å². The Balaban J connectivity index is 3.34. The number of carboxylic acid groups (broad SMARTS) is 1. The molecule has 0 spiro atoms. The summed E-state index contributed by atoms with van der Waals surface area (Å²) in [7, 11) is 0. The largest absolute Gasteiger partial charge is 0.508 e. The molecule has 0 saturated carbocycles. The topological polar surface area (TPSA) is 83.5 Å². The number of phenolic OH excluding ortho intramolecular Hbond substituents is 1. The van der Waals surface area contributed by atoms with Crippen LogP contribution in [0.15, 0.2) is 12.1 Å². The molecule has 0 fully saturated rings. The number of hydrogen-bond acceptors (Lipinski definition) is 3. The van der Waals surface area contributed by atoms with Crippen LogP contribution in [0.3, 0.4) is 0 Å². The van der Waals surface area contributed by atoms with Gasteiger partial charge < -0.3 is 15.9 Å². The van der Waals surface area contributed by atoms with Gasteiger partial charge in [0.15, 0.2) is 0 Å². The minimum atomic E-state index is -1.25. The number of carboxylic acids is 1. The average molecular weight is 213 g/mol. The number of hydrogen-bond donors (Lipinski definition) is 3. The fourth-order valence-electron chi connectivity index (χ4n) is 1.37. The Labute approximate surface area is 86.1 Å². The summed E-state index contributed by atoms with van der Waals surface area (Å²) < 4.78 is 13.6. The third-order valence-corrected chi connectivity index (χ3v) is 2.23. The molecule has 1 rings (SSSR count). The molecule has 0 aromatic heterocycles. The maximum atomic E-state index is 13.6. The van der Waals surface area contributed by atoms with Crippen LogP contribution in [0.5, 0.6) is 5.75 Å². The number of carbonyl (C=O) groups is 1. The number of aliphatic carboxylic acids is 1. The summed E-state index contributed by atoms with van der Waals surface area (Å²) in [5.74, 6) is -3.56. The van der Waals surface area contributed by atoms with Gasteiger partial charge in [-0.05, 0) is 18.6 Å². The lowest BCUT2D eigenvalue weighted by atomic mass is 9.96. The molecule has 1 aromatic rings. The zero-order valence-corrected chi connectivity index (χ0v) is 8.20. The second-order valence-corrected chi connectivity index (χ2v) is 3.26. The second-order valence-electron chi connectivity index (χ2n) is 3.26. The highest BCUT2D eigenvalue weighted by Gasteiger charge is 2.25. The van der Waals surface area contributed by atoms with Gasteiger partial charge in [0, 0.05) is 12.1 Å². The number of halogens is 1. The van der Waals surface area contributed by atoms with E-state index in [1.807, 2.05) is 0 Å². The maximum Gasteiger partial charge on any atom is 0.312 e. The van der Waals surface area contributed by atoms with E-state index in [1.54, 1.807) is 0 Å². The minimum Gasteiger partial charge on any atom is -0.508 e.